The van der Waals surface area contributed by atoms with Gasteiger partial charge in [0.05, 0.1) is 19.3 Å². The van der Waals surface area contributed by atoms with Crippen LogP contribution in [0.4, 0.5) is 0 Å². The standard InChI is InChI=1S/C24H27NO4/c1-17-14-22(29-16-24-27-12-3-13-28-24)15-23(26)25(17)18(2)21-10-8-20(9-11-21)7-6-19-4-5-19/h8-11,14-15,18-19,24H,3-5,12-13,16H2,1-2H3/t18-/m1/s1. The van der Waals surface area contributed by atoms with Crippen LogP contribution >= 0.6 is 0 Å². The lowest BCUT2D eigenvalue weighted by Gasteiger charge is -2.24. The molecule has 1 saturated carbocycles. The van der Waals surface area contributed by atoms with Crippen LogP contribution in [0, 0.1) is 24.7 Å². The summed E-state index contributed by atoms with van der Waals surface area (Å²) in [6, 6.07) is 11.5. The molecule has 5 heteroatoms. The lowest BCUT2D eigenvalue weighted by atomic mass is 10.1. The van der Waals surface area contributed by atoms with E-state index in [2.05, 4.69) is 24.0 Å². The van der Waals surface area contributed by atoms with Gasteiger partial charge in [-0.15, -0.1) is 0 Å². The van der Waals surface area contributed by atoms with E-state index in [9.17, 15) is 4.79 Å². The molecule has 1 saturated heterocycles. The summed E-state index contributed by atoms with van der Waals surface area (Å²) >= 11 is 0. The van der Waals surface area contributed by atoms with Crippen LogP contribution in [0.5, 0.6) is 5.75 Å². The number of aryl methyl sites for hydroxylation is 1. The van der Waals surface area contributed by atoms with E-state index in [0.29, 0.717) is 24.9 Å². The van der Waals surface area contributed by atoms with Gasteiger partial charge in [0.25, 0.3) is 5.56 Å². The third-order valence-corrected chi connectivity index (χ3v) is 5.29. The minimum absolute atomic E-state index is 0.0768. The quantitative estimate of drug-likeness (QED) is 0.728. The third-order valence-electron chi connectivity index (χ3n) is 5.29. The van der Waals surface area contributed by atoms with Crippen LogP contribution in [-0.2, 0) is 9.47 Å². The summed E-state index contributed by atoms with van der Waals surface area (Å²) in [5, 5.41) is 0. The molecule has 1 aliphatic heterocycles. The minimum Gasteiger partial charge on any atom is -0.488 e. The van der Waals surface area contributed by atoms with Crippen molar-refractivity contribution in [3.05, 3.63) is 63.6 Å². The fourth-order valence-electron chi connectivity index (χ4n) is 3.47. The first kappa shape index (κ1) is 19.8. The Hall–Kier alpha value is -2.55. The van der Waals surface area contributed by atoms with Gasteiger partial charge in [-0.25, -0.2) is 0 Å². The van der Waals surface area contributed by atoms with Crippen LogP contribution < -0.4 is 10.3 Å². The predicted molar refractivity (Wildman–Crippen MR) is 111 cm³/mol. The monoisotopic (exact) mass is 393 g/mol. The normalized spacial score (nSPS) is 18.0. The van der Waals surface area contributed by atoms with Crippen molar-refractivity contribution in [2.75, 3.05) is 19.8 Å². The minimum atomic E-state index is -0.369. The van der Waals surface area contributed by atoms with Gasteiger partial charge in [0.15, 0.2) is 6.29 Å². The second kappa shape index (κ2) is 8.86. The van der Waals surface area contributed by atoms with Gasteiger partial charge >= 0.3 is 0 Å². The zero-order valence-corrected chi connectivity index (χ0v) is 17.0. The SMILES string of the molecule is Cc1cc(OCC2OCCCO2)cc(=O)n1[C@H](C)c1ccc(C#CC2CC2)cc1. The summed E-state index contributed by atoms with van der Waals surface area (Å²) in [6.07, 6.45) is 2.99. The highest BCUT2D eigenvalue weighted by molar-refractivity contribution is 5.38. The molecule has 2 aromatic rings. The fourth-order valence-corrected chi connectivity index (χ4v) is 3.47. The number of pyridine rings is 1. The molecule has 0 radical (unpaired) electrons. The molecule has 4 rings (SSSR count). The molecule has 0 unspecified atom stereocenters. The molecule has 0 bridgehead atoms. The highest BCUT2D eigenvalue weighted by Gasteiger charge is 2.18. The van der Waals surface area contributed by atoms with E-state index < -0.39 is 0 Å². The number of nitrogens with zero attached hydrogens (tertiary/aromatic N) is 1. The van der Waals surface area contributed by atoms with Crippen molar-refractivity contribution in [2.45, 2.75) is 45.4 Å². The molecule has 5 nitrogen and oxygen atoms in total. The second-order valence-corrected chi connectivity index (χ2v) is 7.72. The molecule has 0 N–H and O–H groups in total. The fraction of sp³-hybridized carbons (Fsp3) is 0.458. The van der Waals surface area contributed by atoms with Crippen molar-refractivity contribution >= 4 is 0 Å². The zero-order chi connectivity index (χ0) is 20.2. The number of hydrogen-bond donors (Lipinski definition) is 0. The Kier molecular flexibility index (Phi) is 6.03. The summed E-state index contributed by atoms with van der Waals surface area (Å²) in [6.45, 7) is 5.59. The number of rotatable bonds is 5. The van der Waals surface area contributed by atoms with Crippen LogP contribution in [0.25, 0.3) is 0 Å². The highest BCUT2D eigenvalue weighted by Crippen LogP contribution is 2.27. The van der Waals surface area contributed by atoms with Crippen molar-refractivity contribution < 1.29 is 14.2 Å². The summed E-state index contributed by atoms with van der Waals surface area (Å²) < 4.78 is 18.5. The topological polar surface area (TPSA) is 49.7 Å². The molecule has 29 heavy (non-hydrogen) atoms. The second-order valence-electron chi connectivity index (χ2n) is 7.72. The van der Waals surface area contributed by atoms with E-state index in [1.165, 1.54) is 18.9 Å². The predicted octanol–water partition coefficient (Wildman–Crippen LogP) is 3.67. The average Bonchev–Trinajstić information content (AvgIpc) is 3.56. The number of ether oxygens (including phenoxy) is 3. The van der Waals surface area contributed by atoms with E-state index in [1.807, 2.05) is 32.0 Å². The van der Waals surface area contributed by atoms with Crippen LogP contribution in [0.2, 0.25) is 0 Å². The Morgan fingerprint density at radius 2 is 1.90 bits per heavy atom. The Morgan fingerprint density at radius 3 is 2.55 bits per heavy atom. The van der Waals surface area contributed by atoms with Gasteiger partial charge in [-0.3, -0.25) is 4.79 Å². The number of hydrogen-bond acceptors (Lipinski definition) is 4. The summed E-state index contributed by atoms with van der Waals surface area (Å²) in [4.78, 5) is 12.8. The van der Waals surface area contributed by atoms with Gasteiger partial charge in [0.2, 0.25) is 0 Å². The van der Waals surface area contributed by atoms with Gasteiger partial charge in [-0.2, -0.15) is 0 Å². The van der Waals surface area contributed by atoms with Crippen LogP contribution in [0.3, 0.4) is 0 Å². The van der Waals surface area contributed by atoms with Crippen molar-refractivity contribution in [1.82, 2.24) is 4.57 Å². The molecule has 2 aliphatic rings. The van der Waals surface area contributed by atoms with Gasteiger partial charge in [0.1, 0.15) is 12.4 Å². The summed E-state index contributed by atoms with van der Waals surface area (Å²) in [5.74, 6) is 7.64. The molecule has 2 heterocycles. The van der Waals surface area contributed by atoms with E-state index in [0.717, 1.165) is 23.2 Å². The Bertz CT molecular complexity index is 957. The maximum absolute atomic E-state index is 12.8. The maximum atomic E-state index is 12.8. The highest BCUT2D eigenvalue weighted by atomic mass is 16.7. The molecule has 1 aromatic carbocycles. The maximum Gasteiger partial charge on any atom is 0.254 e. The largest absolute Gasteiger partial charge is 0.488 e. The molecule has 1 aliphatic carbocycles. The molecule has 0 spiro atoms. The zero-order valence-electron chi connectivity index (χ0n) is 17.0. The van der Waals surface area contributed by atoms with Crippen LogP contribution in [0.1, 0.15) is 49.0 Å². The van der Waals surface area contributed by atoms with Gasteiger partial charge < -0.3 is 18.8 Å². The first-order chi connectivity index (χ1) is 14.1. The van der Waals surface area contributed by atoms with Crippen molar-refractivity contribution in [3.63, 3.8) is 0 Å². The van der Waals surface area contributed by atoms with Crippen molar-refractivity contribution in [2.24, 2.45) is 5.92 Å². The molecular formula is C24H27NO4. The first-order valence-electron chi connectivity index (χ1n) is 10.3. The molecule has 2 fully saturated rings. The molecular weight excluding hydrogens is 366 g/mol. The van der Waals surface area contributed by atoms with Crippen LogP contribution in [-0.4, -0.2) is 30.7 Å². The van der Waals surface area contributed by atoms with Gasteiger partial charge in [-0.1, -0.05) is 24.0 Å². The summed E-state index contributed by atoms with van der Waals surface area (Å²) in [7, 11) is 0. The van der Waals surface area contributed by atoms with Crippen molar-refractivity contribution in [3.8, 4) is 17.6 Å². The Balaban J connectivity index is 1.45. The first-order valence-corrected chi connectivity index (χ1v) is 10.3. The smallest absolute Gasteiger partial charge is 0.254 e. The number of benzene rings is 1. The molecule has 1 aromatic heterocycles. The lowest BCUT2D eigenvalue weighted by molar-refractivity contribution is -0.191. The van der Waals surface area contributed by atoms with Gasteiger partial charge in [0, 0.05) is 23.2 Å². The number of aromatic nitrogens is 1. The van der Waals surface area contributed by atoms with E-state index in [4.69, 9.17) is 14.2 Å². The Morgan fingerprint density at radius 1 is 1.17 bits per heavy atom. The van der Waals surface area contributed by atoms with Crippen LogP contribution in [0.15, 0.2) is 41.2 Å². The Labute approximate surface area is 171 Å². The molecule has 0 amide bonds. The average molecular weight is 393 g/mol. The van der Waals surface area contributed by atoms with Crippen molar-refractivity contribution in [1.29, 1.82) is 0 Å². The third kappa shape index (κ3) is 5.09. The van der Waals surface area contributed by atoms with E-state index in [1.54, 1.807) is 4.57 Å². The van der Waals surface area contributed by atoms with Gasteiger partial charge in [-0.05, 0) is 56.9 Å². The summed E-state index contributed by atoms with van der Waals surface area (Å²) in [5.41, 5.74) is 2.86. The van der Waals surface area contributed by atoms with E-state index >= 15 is 0 Å². The van der Waals surface area contributed by atoms with E-state index in [-0.39, 0.29) is 24.5 Å². The lowest BCUT2D eigenvalue weighted by Crippen LogP contribution is -2.31. The molecule has 1 atom stereocenters. The molecule has 152 valence electrons.